The highest BCUT2D eigenvalue weighted by atomic mass is 16.4. The third-order valence-electron chi connectivity index (χ3n) is 4.41. The lowest BCUT2D eigenvalue weighted by molar-refractivity contribution is -0.138. The van der Waals surface area contributed by atoms with Crippen LogP contribution in [-0.2, 0) is 4.79 Å². The Morgan fingerprint density at radius 1 is 1.29 bits per heavy atom. The van der Waals surface area contributed by atoms with E-state index in [1.165, 1.54) is 25.8 Å². The van der Waals surface area contributed by atoms with Gasteiger partial charge in [0.2, 0.25) is 0 Å². The first-order valence-electron chi connectivity index (χ1n) is 7.03. The van der Waals surface area contributed by atoms with E-state index >= 15 is 0 Å². The molecule has 2 heterocycles. The molecule has 2 fully saturated rings. The molecule has 0 aromatic heterocycles. The molecule has 2 saturated heterocycles. The molecule has 0 saturated carbocycles. The Hall–Kier alpha value is -0.570. The maximum Gasteiger partial charge on any atom is 0.303 e. The van der Waals surface area contributed by atoms with Gasteiger partial charge in [0.1, 0.15) is 0 Å². The lowest BCUT2D eigenvalue weighted by Gasteiger charge is -2.39. The zero-order valence-electron chi connectivity index (χ0n) is 11.1. The number of hydrogen-bond acceptors (Lipinski definition) is 2. The molecule has 2 aliphatic heterocycles. The highest BCUT2D eigenvalue weighted by Gasteiger charge is 2.40. The molecule has 2 bridgehead atoms. The van der Waals surface area contributed by atoms with E-state index in [-0.39, 0.29) is 0 Å². The summed E-state index contributed by atoms with van der Waals surface area (Å²) < 4.78 is 0. The van der Waals surface area contributed by atoms with Crippen molar-refractivity contribution in [2.24, 2.45) is 11.8 Å². The summed E-state index contributed by atoms with van der Waals surface area (Å²) in [5.74, 6) is 0.580. The van der Waals surface area contributed by atoms with E-state index in [0.717, 1.165) is 18.8 Å². The van der Waals surface area contributed by atoms with Gasteiger partial charge < -0.3 is 5.11 Å². The molecule has 0 aliphatic carbocycles. The van der Waals surface area contributed by atoms with Crippen LogP contribution in [0.5, 0.6) is 0 Å². The fourth-order valence-electron chi connectivity index (χ4n) is 3.57. The van der Waals surface area contributed by atoms with Crippen LogP contribution in [0, 0.1) is 11.8 Å². The largest absolute Gasteiger partial charge is 0.481 e. The van der Waals surface area contributed by atoms with Crippen LogP contribution in [0.25, 0.3) is 0 Å². The summed E-state index contributed by atoms with van der Waals surface area (Å²) in [6.45, 7) is 5.77. The summed E-state index contributed by atoms with van der Waals surface area (Å²) in [7, 11) is 0. The standard InChI is InChI=1S/C14H25NO2/c1-10(2)5-6-15-12-3-4-13(15)8-11(7-12)9-14(16)17/h10-13H,3-9H2,1-2H3,(H,16,17). The van der Waals surface area contributed by atoms with Gasteiger partial charge in [-0.25, -0.2) is 0 Å². The Kier molecular flexibility index (Phi) is 4.08. The molecule has 1 N–H and O–H groups in total. The molecule has 0 aromatic carbocycles. The third kappa shape index (κ3) is 3.21. The highest BCUT2D eigenvalue weighted by molar-refractivity contribution is 5.67. The predicted octanol–water partition coefficient (Wildman–Crippen LogP) is 2.75. The number of piperidine rings is 1. The smallest absolute Gasteiger partial charge is 0.303 e. The summed E-state index contributed by atoms with van der Waals surface area (Å²) in [4.78, 5) is 13.4. The maximum atomic E-state index is 10.8. The predicted molar refractivity (Wildman–Crippen MR) is 67.9 cm³/mol. The third-order valence-corrected chi connectivity index (χ3v) is 4.41. The normalized spacial score (nSPS) is 33.2. The van der Waals surface area contributed by atoms with Gasteiger partial charge in [-0.05, 0) is 50.5 Å². The van der Waals surface area contributed by atoms with Crippen molar-refractivity contribution in [3.8, 4) is 0 Å². The van der Waals surface area contributed by atoms with Gasteiger partial charge in [0.15, 0.2) is 0 Å². The summed E-state index contributed by atoms with van der Waals surface area (Å²) in [5.41, 5.74) is 0. The maximum absolute atomic E-state index is 10.8. The van der Waals surface area contributed by atoms with Gasteiger partial charge in [-0.3, -0.25) is 9.69 Å². The second kappa shape index (κ2) is 5.38. The SMILES string of the molecule is CC(C)CCN1C2CCC1CC(CC(=O)O)C2. The van der Waals surface area contributed by atoms with Crippen molar-refractivity contribution in [1.82, 2.24) is 4.90 Å². The minimum Gasteiger partial charge on any atom is -0.481 e. The summed E-state index contributed by atoms with van der Waals surface area (Å²) >= 11 is 0. The molecular weight excluding hydrogens is 214 g/mol. The first kappa shape index (κ1) is 12.9. The van der Waals surface area contributed by atoms with Crippen LogP contribution >= 0.6 is 0 Å². The first-order chi connectivity index (χ1) is 8.06. The van der Waals surface area contributed by atoms with Gasteiger partial charge in [0, 0.05) is 18.5 Å². The Bertz CT molecular complexity index is 263. The quantitative estimate of drug-likeness (QED) is 0.802. The number of carboxylic acids is 1. The van der Waals surface area contributed by atoms with Crippen molar-refractivity contribution in [2.75, 3.05) is 6.54 Å². The van der Waals surface area contributed by atoms with E-state index in [0.29, 0.717) is 24.4 Å². The topological polar surface area (TPSA) is 40.5 Å². The minimum atomic E-state index is -0.620. The van der Waals surface area contributed by atoms with Crippen molar-refractivity contribution < 1.29 is 9.90 Å². The summed E-state index contributed by atoms with van der Waals surface area (Å²) in [6.07, 6.45) is 6.46. The molecule has 2 aliphatic rings. The van der Waals surface area contributed by atoms with E-state index < -0.39 is 5.97 Å². The average molecular weight is 239 g/mol. The lowest BCUT2D eigenvalue weighted by atomic mass is 9.88. The molecule has 0 radical (unpaired) electrons. The molecule has 0 spiro atoms. The zero-order chi connectivity index (χ0) is 12.4. The van der Waals surface area contributed by atoms with Crippen LogP contribution in [0.2, 0.25) is 0 Å². The number of aliphatic carboxylic acids is 1. The molecule has 2 rings (SSSR count). The minimum absolute atomic E-state index is 0.380. The molecule has 17 heavy (non-hydrogen) atoms. The van der Waals surface area contributed by atoms with Crippen molar-refractivity contribution in [1.29, 1.82) is 0 Å². The molecule has 2 unspecified atom stereocenters. The van der Waals surface area contributed by atoms with Gasteiger partial charge in [-0.1, -0.05) is 13.8 Å². The molecule has 0 amide bonds. The number of nitrogens with zero attached hydrogens (tertiary/aromatic N) is 1. The fraction of sp³-hybridized carbons (Fsp3) is 0.929. The number of hydrogen-bond donors (Lipinski definition) is 1. The van der Waals surface area contributed by atoms with Crippen molar-refractivity contribution in [3.05, 3.63) is 0 Å². The van der Waals surface area contributed by atoms with Crippen LogP contribution in [0.4, 0.5) is 0 Å². The average Bonchev–Trinajstić information content (AvgIpc) is 2.45. The zero-order valence-corrected chi connectivity index (χ0v) is 11.1. The van der Waals surface area contributed by atoms with Crippen LogP contribution in [0.1, 0.15) is 52.4 Å². The van der Waals surface area contributed by atoms with Crippen LogP contribution in [-0.4, -0.2) is 34.6 Å². The molecule has 3 heteroatoms. The molecule has 2 atom stereocenters. The van der Waals surface area contributed by atoms with Crippen LogP contribution in [0.3, 0.4) is 0 Å². The summed E-state index contributed by atoms with van der Waals surface area (Å²) in [6, 6.07) is 1.36. The van der Waals surface area contributed by atoms with E-state index in [2.05, 4.69) is 18.7 Å². The van der Waals surface area contributed by atoms with Gasteiger partial charge in [-0.15, -0.1) is 0 Å². The van der Waals surface area contributed by atoms with Gasteiger partial charge in [0.25, 0.3) is 0 Å². The van der Waals surface area contributed by atoms with Gasteiger partial charge in [-0.2, -0.15) is 0 Å². The first-order valence-corrected chi connectivity index (χ1v) is 7.03. The monoisotopic (exact) mass is 239 g/mol. The second-order valence-electron chi connectivity index (χ2n) is 6.24. The molecular formula is C14H25NO2. The van der Waals surface area contributed by atoms with Crippen LogP contribution < -0.4 is 0 Å². The van der Waals surface area contributed by atoms with E-state index in [1.807, 2.05) is 0 Å². The Balaban J connectivity index is 1.86. The number of carboxylic acid groups (broad SMARTS) is 1. The highest BCUT2D eigenvalue weighted by Crippen LogP contribution is 2.39. The fourth-order valence-corrected chi connectivity index (χ4v) is 3.57. The second-order valence-corrected chi connectivity index (χ2v) is 6.24. The van der Waals surface area contributed by atoms with Crippen molar-refractivity contribution in [3.63, 3.8) is 0 Å². The van der Waals surface area contributed by atoms with E-state index in [4.69, 9.17) is 5.11 Å². The number of fused-ring (bicyclic) bond motifs is 2. The molecule has 98 valence electrons. The Morgan fingerprint density at radius 3 is 2.35 bits per heavy atom. The van der Waals surface area contributed by atoms with E-state index in [1.54, 1.807) is 0 Å². The van der Waals surface area contributed by atoms with E-state index in [9.17, 15) is 4.79 Å². The van der Waals surface area contributed by atoms with Gasteiger partial charge in [0.05, 0.1) is 0 Å². The molecule has 0 aromatic rings. The van der Waals surface area contributed by atoms with Gasteiger partial charge >= 0.3 is 5.97 Å². The van der Waals surface area contributed by atoms with Crippen molar-refractivity contribution in [2.45, 2.75) is 64.5 Å². The van der Waals surface area contributed by atoms with Crippen molar-refractivity contribution >= 4 is 5.97 Å². The Labute approximate surface area is 104 Å². The number of rotatable bonds is 5. The summed E-state index contributed by atoms with van der Waals surface area (Å²) in [5, 5.41) is 8.89. The molecule has 3 nitrogen and oxygen atoms in total. The lowest BCUT2D eigenvalue weighted by Crippen LogP contribution is -2.43. The van der Waals surface area contributed by atoms with Crippen LogP contribution in [0.15, 0.2) is 0 Å². The Morgan fingerprint density at radius 2 is 1.88 bits per heavy atom. The number of carbonyl (C=O) groups is 1.